The predicted molar refractivity (Wildman–Crippen MR) is 140 cm³/mol. The third-order valence-electron chi connectivity index (χ3n) is 7.20. The summed E-state index contributed by atoms with van der Waals surface area (Å²) >= 11 is 0. The number of nitrogens with zero attached hydrogens (tertiary/aromatic N) is 2. The molecule has 0 spiro atoms. The van der Waals surface area contributed by atoms with Gasteiger partial charge in [-0.3, -0.25) is 14.3 Å². The van der Waals surface area contributed by atoms with Gasteiger partial charge in [0.2, 0.25) is 0 Å². The van der Waals surface area contributed by atoms with Gasteiger partial charge >= 0.3 is 5.69 Å². The van der Waals surface area contributed by atoms with Crippen molar-refractivity contribution in [1.82, 2.24) is 14.5 Å². The minimum atomic E-state index is -0.431. The molecule has 3 heterocycles. The zero-order valence-corrected chi connectivity index (χ0v) is 21.6. The number of fused-ring (bicyclic) bond motifs is 4. The fourth-order valence-corrected chi connectivity index (χ4v) is 5.47. The quantitative estimate of drug-likeness (QED) is 0.459. The monoisotopic (exact) mass is 517 g/mol. The van der Waals surface area contributed by atoms with Crippen molar-refractivity contribution >= 4 is 23.3 Å². The van der Waals surface area contributed by atoms with E-state index in [-0.39, 0.29) is 12.4 Å². The number of aryl methyl sites for hydroxylation is 1. The molecule has 194 valence electrons. The molecule has 3 aromatic rings. The standard InChI is InChI=1S/C26H31N3O6.ClH/c1-32-20-7-6-8-21-24(20)18-14-28(13-16(18)15-35-21)9-4-5-10-29-19-12-23(34-3)22(33-2)11-17(19)25(30)27-26(29)31;/h6-8,11-12,16,18H,4-5,9-10,13-15H2,1-3H3,(H,27,30,31);1H/t16-,18-;/m1./s1. The lowest BCUT2D eigenvalue weighted by Gasteiger charge is -2.29. The van der Waals surface area contributed by atoms with Crippen LogP contribution in [0.5, 0.6) is 23.0 Å². The second-order valence-corrected chi connectivity index (χ2v) is 9.15. The minimum Gasteiger partial charge on any atom is -0.496 e. The van der Waals surface area contributed by atoms with Gasteiger partial charge in [0.25, 0.3) is 5.56 Å². The molecule has 2 aliphatic rings. The number of hydrogen-bond donors (Lipinski definition) is 1. The second-order valence-electron chi connectivity index (χ2n) is 9.15. The van der Waals surface area contributed by atoms with Crippen LogP contribution >= 0.6 is 12.4 Å². The first-order valence-electron chi connectivity index (χ1n) is 11.9. The number of H-pyrrole nitrogens is 1. The Labute approximate surface area is 215 Å². The number of methoxy groups -OCH3 is 3. The van der Waals surface area contributed by atoms with Gasteiger partial charge < -0.3 is 23.8 Å². The van der Waals surface area contributed by atoms with Crippen LogP contribution in [0.3, 0.4) is 0 Å². The van der Waals surface area contributed by atoms with Crippen molar-refractivity contribution in [3.05, 3.63) is 56.7 Å². The summed E-state index contributed by atoms with van der Waals surface area (Å²) in [6.45, 7) is 4.12. The maximum absolute atomic E-state index is 12.6. The Bertz CT molecular complexity index is 1340. The molecule has 2 aliphatic heterocycles. The van der Waals surface area contributed by atoms with E-state index in [1.54, 1.807) is 23.8 Å². The Kier molecular flexibility index (Phi) is 7.80. The Morgan fingerprint density at radius 1 is 0.972 bits per heavy atom. The zero-order valence-electron chi connectivity index (χ0n) is 20.7. The molecular weight excluding hydrogens is 486 g/mol. The lowest BCUT2D eigenvalue weighted by Crippen LogP contribution is -2.31. The summed E-state index contributed by atoms with van der Waals surface area (Å²) in [5.74, 6) is 3.62. The lowest BCUT2D eigenvalue weighted by molar-refractivity contribution is 0.209. The average molecular weight is 518 g/mol. The van der Waals surface area contributed by atoms with Crippen LogP contribution in [0.2, 0.25) is 0 Å². The Morgan fingerprint density at radius 3 is 2.44 bits per heavy atom. The van der Waals surface area contributed by atoms with Gasteiger partial charge in [-0.05, 0) is 37.6 Å². The van der Waals surface area contributed by atoms with E-state index in [1.165, 1.54) is 19.8 Å². The maximum Gasteiger partial charge on any atom is 0.328 e. The molecule has 0 unspecified atom stereocenters. The van der Waals surface area contributed by atoms with E-state index in [0.29, 0.717) is 40.8 Å². The highest BCUT2D eigenvalue weighted by Crippen LogP contribution is 2.46. The predicted octanol–water partition coefficient (Wildman–Crippen LogP) is 3.03. The average Bonchev–Trinajstić information content (AvgIpc) is 3.30. The van der Waals surface area contributed by atoms with Gasteiger partial charge in [0, 0.05) is 43.1 Å². The van der Waals surface area contributed by atoms with Crippen molar-refractivity contribution in [3.8, 4) is 23.0 Å². The van der Waals surface area contributed by atoms with E-state index < -0.39 is 11.2 Å². The number of unbranched alkanes of at least 4 members (excludes halogenated alkanes) is 1. The van der Waals surface area contributed by atoms with Gasteiger partial charge in [-0.25, -0.2) is 4.79 Å². The van der Waals surface area contributed by atoms with Gasteiger partial charge in [0.05, 0.1) is 38.8 Å². The molecule has 0 radical (unpaired) electrons. The highest BCUT2D eigenvalue weighted by Gasteiger charge is 2.40. The molecule has 0 aliphatic carbocycles. The number of ether oxygens (including phenoxy) is 4. The molecule has 1 aromatic heterocycles. The Hall–Kier alpha value is -3.17. The van der Waals surface area contributed by atoms with Gasteiger partial charge in [0.15, 0.2) is 11.5 Å². The molecule has 9 nitrogen and oxygen atoms in total. The molecule has 2 aromatic carbocycles. The van der Waals surface area contributed by atoms with E-state index in [4.69, 9.17) is 18.9 Å². The summed E-state index contributed by atoms with van der Waals surface area (Å²) in [5, 5.41) is 0.401. The lowest BCUT2D eigenvalue weighted by atomic mass is 9.86. The highest BCUT2D eigenvalue weighted by molar-refractivity contribution is 5.85. The molecule has 2 atom stereocenters. The topological polar surface area (TPSA) is 95.0 Å². The molecule has 0 saturated carbocycles. The Morgan fingerprint density at radius 2 is 1.69 bits per heavy atom. The fourth-order valence-electron chi connectivity index (χ4n) is 5.47. The molecule has 36 heavy (non-hydrogen) atoms. The summed E-state index contributed by atoms with van der Waals surface area (Å²) in [6.07, 6.45) is 1.73. The summed E-state index contributed by atoms with van der Waals surface area (Å²) < 4.78 is 23.9. The molecule has 1 N–H and O–H groups in total. The van der Waals surface area contributed by atoms with Crippen LogP contribution in [0.15, 0.2) is 39.9 Å². The van der Waals surface area contributed by atoms with Crippen LogP contribution in [-0.4, -0.2) is 62.0 Å². The van der Waals surface area contributed by atoms with Crippen LogP contribution in [0.4, 0.5) is 0 Å². The number of benzene rings is 2. The van der Waals surface area contributed by atoms with Crippen molar-refractivity contribution in [2.24, 2.45) is 5.92 Å². The Balaban J connectivity index is 0.00000304. The van der Waals surface area contributed by atoms with Crippen molar-refractivity contribution in [3.63, 3.8) is 0 Å². The summed E-state index contributed by atoms with van der Waals surface area (Å²) in [4.78, 5) is 29.9. The van der Waals surface area contributed by atoms with Crippen LogP contribution in [0.1, 0.15) is 24.3 Å². The summed E-state index contributed by atoms with van der Waals surface area (Å²) in [7, 11) is 4.76. The van der Waals surface area contributed by atoms with Gasteiger partial charge in [0.1, 0.15) is 11.5 Å². The number of aromatic amines is 1. The zero-order chi connectivity index (χ0) is 24.5. The first kappa shape index (κ1) is 25.9. The normalized spacial score (nSPS) is 18.6. The van der Waals surface area contributed by atoms with Crippen molar-refractivity contribution in [2.75, 3.05) is 47.6 Å². The van der Waals surface area contributed by atoms with Crippen molar-refractivity contribution in [1.29, 1.82) is 0 Å². The largest absolute Gasteiger partial charge is 0.496 e. The van der Waals surface area contributed by atoms with E-state index in [2.05, 4.69) is 9.88 Å². The fraction of sp³-hybridized carbons (Fsp3) is 0.462. The van der Waals surface area contributed by atoms with Gasteiger partial charge in [-0.15, -0.1) is 12.4 Å². The number of likely N-dealkylation sites (tertiary alicyclic amines) is 1. The minimum absolute atomic E-state index is 0. The SMILES string of the molecule is COc1cc2c(=O)[nH]c(=O)n(CCCCN3C[C@@H]4COc5cccc(OC)c5[C@@H]4C3)c2cc1OC.Cl. The molecular formula is C26H32ClN3O6. The van der Waals surface area contributed by atoms with Crippen LogP contribution in [-0.2, 0) is 6.54 Å². The summed E-state index contributed by atoms with van der Waals surface area (Å²) in [5.41, 5.74) is 0.886. The van der Waals surface area contributed by atoms with E-state index in [1.807, 2.05) is 18.2 Å². The summed E-state index contributed by atoms with van der Waals surface area (Å²) in [6, 6.07) is 9.31. The van der Waals surface area contributed by atoms with E-state index in [0.717, 1.165) is 50.6 Å². The number of aromatic nitrogens is 2. The number of nitrogens with one attached hydrogen (secondary N) is 1. The van der Waals surface area contributed by atoms with Gasteiger partial charge in [-0.2, -0.15) is 0 Å². The third kappa shape index (κ3) is 4.65. The smallest absolute Gasteiger partial charge is 0.328 e. The molecule has 5 rings (SSSR count). The number of rotatable bonds is 8. The highest BCUT2D eigenvalue weighted by atomic mass is 35.5. The first-order chi connectivity index (χ1) is 17.0. The van der Waals surface area contributed by atoms with Crippen molar-refractivity contribution < 1.29 is 18.9 Å². The second kappa shape index (κ2) is 10.8. The molecule has 1 fully saturated rings. The van der Waals surface area contributed by atoms with Crippen LogP contribution in [0.25, 0.3) is 10.9 Å². The molecule has 0 bridgehead atoms. The maximum atomic E-state index is 12.6. The van der Waals surface area contributed by atoms with Crippen LogP contribution < -0.4 is 30.2 Å². The van der Waals surface area contributed by atoms with E-state index in [9.17, 15) is 9.59 Å². The van der Waals surface area contributed by atoms with E-state index >= 15 is 0 Å². The molecule has 0 amide bonds. The van der Waals surface area contributed by atoms with Crippen molar-refractivity contribution in [2.45, 2.75) is 25.3 Å². The molecule has 10 heteroatoms. The third-order valence-corrected chi connectivity index (χ3v) is 7.20. The first-order valence-corrected chi connectivity index (χ1v) is 11.9. The van der Waals surface area contributed by atoms with Gasteiger partial charge in [-0.1, -0.05) is 6.07 Å². The van der Waals surface area contributed by atoms with Crippen LogP contribution in [0, 0.1) is 5.92 Å². The number of halogens is 1. The number of hydrogen-bond acceptors (Lipinski definition) is 7. The molecule has 1 saturated heterocycles.